The van der Waals surface area contributed by atoms with E-state index in [2.05, 4.69) is 26.8 Å². The number of hydrogen-bond acceptors (Lipinski definition) is 4. The second-order valence-corrected chi connectivity index (χ2v) is 8.35. The minimum Gasteiger partial charge on any atom is -0.496 e. The second-order valence-electron chi connectivity index (χ2n) is 6.97. The van der Waals surface area contributed by atoms with Crippen molar-refractivity contribution in [2.75, 3.05) is 7.11 Å². The number of hydrogen-bond donors (Lipinski definition) is 0. The van der Waals surface area contributed by atoms with Crippen LogP contribution in [0.25, 0.3) is 10.9 Å². The summed E-state index contributed by atoms with van der Waals surface area (Å²) in [4.78, 5) is 17.8. The van der Waals surface area contributed by atoms with Gasteiger partial charge in [-0.05, 0) is 37.1 Å². The predicted molar refractivity (Wildman–Crippen MR) is 113 cm³/mol. The Labute approximate surface area is 168 Å². The molecule has 0 N–H and O–H groups in total. The maximum absolute atomic E-state index is 13.1. The van der Waals surface area contributed by atoms with Crippen molar-refractivity contribution in [3.8, 4) is 5.75 Å². The number of aryl methyl sites for hydroxylation is 1. The van der Waals surface area contributed by atoms with E-state index in [1.165, 1.54) is 5.56 Å². The lowest BCUT2D eigenvalue weighted by Crippen LogP contribution is -2.25. The first-order chi connectivity index (χ1) is 12.9. The summed E-state index contributed by atoms with van der Waals surface area (Å²) in [7, 11) is 1.67. The molecule has 0 radical (unpaired) electrons. The van der Waals surface area contributed by atoms with Crippen molar-refractivity contribution in [3.05, 3.63) is 62.9 Å². The Morgan fingerprint density at radius 1 is 1.22 bits per heavy atom. The fourth-order valence-corrected chi connectivity index (χ4v) is 4.13. The fourth-order valence-electron chi connectivity index (χ4n) is 2.97. The standard InChI is InChI=1S/C21H23ClN2O2S/c1-13(2)11-24-20(25)17-10-16(22)6-7-18(17)23-21(24)27-12-15-9-14(3)5-8-19(15)26-4/h5-10,13H,11-12H2,1-4H3. The number of fused-ring (bicyclic) bond motifs is 1. The summed E-state index contributed by atoms with van der Waals surface area (Å²) < 4.78 is 7.23. The minimum atomic E-state index is -0.0464. The van der Waals surface area contributed by atoms with Crippen LogP contribution in [0.4, 0.5) is 0 Å². The number of methoxy groups -OCH3 is 1. The Bertz CT molecular complexity index is 1030. The maximum Gasteiger partial charge on any atom is 0.262 e. The molecule has 27 heavy (non-hydrogen) atoms. The van der Waals surface area contributed by atoms with Crippen LogP contribution in [0.2, 0.25) is 5.02 Å². The van der Waals surface area contributed by atoms with Gasteiger partial charge in [-0.15, -0.1) is 0 Å². The van der Waals surface area contributed by atoms with Gasteiger partial charge in [0.15, 0.2) is 5.16 Å². The number of rotatable bonds is 6. The molecular weight excluding hydrogens is 380 g/mol. The summed E-state index contributed by atoms with van der Waals surface area (Å²) in [6.45, 7) is 6.85. The predicted octanol–water partition coefficient (Wildman–Crippen LogP) is 5.32. The third-order valence-electron chi connectivity index (χ3n) is 4.22. The quantitative estimate of drug-likeness (QED) is 0.413. The van der Waals surface area contributed by atoms with E-state index in [4.69, 9.17) is 21.3 Å². The summed E-state index contributed by atoms with van der Waals surface area (Å²) in [5.41, 5.74) is 2.88. The highest BCUT2D eigenvalue weighted by Crippen LogP contribution is 2.29. The number of benzene rings is 2. The van der Waals surface area contributed by atoms with Crippen LogP contribution in [-0.4, -0.2) is 16.7 Å². The van der Waals surface area contributed by atoms with Crippen LogP contribution in [0.3, 0.4) is 0 Å². The van der Waals surface area contributed by atoms with Gasteiger partial charge in [-0.3, -0.25) is 9.36 Å². The first kappa shape index (κ1) is 19.8. The fraction of sp³-hybridized carbons (Fsp3) is 0.333. The molecule has 4 nitrogen and oxygen atoms in total. The molecule has 0 aliphatic heterocycles. The molecule has 0 bridgehead atoms. The molecule has 6 heteroatoms. The van der Waals surface area contributed by atoms with E-state index < -0.39 is 0 Å². The lowest BCUT2D eigenvalue weighted by Gasteiger charge is -2.16. The molecule has 0 atom stereocenters. The van der Waals surface area contributed by atoms with Gasteiger partial charge in [-0.25, -0.2) is 4.98 Å². The van der Waals surface area contributed by atoms with Crippen molar-refractivity contribution in [1.82, 2.24) is 9.55 Å². The van der Waals surface area contributed by atoms with Gasteiger partial charge in [-0.2, -0.15) is 0 Å². The van der Waals surface area contributed by atoms with E-state index in [1.807, 2.05) is 12.1 Å². The molecule has 3 rings (SSSR count). The summed E-state index contributed by atoms with van der Waals surface area (Å²) in [6, 6.07) is 11.4. The molecule has 0 saturated carbocycles. The Morgan fingerprint density at radius 3 is 2.70 bits per heavy atom. The number of nitrogens with zero attached hydrogens (tertiary/aromatic N) is 2. The molecule has 0 fully saturated rings. The molecule has 0 unspecified atom stereocenters. The lowest BCUT2D eigenvalue weighted by atomic mass is 10.1. The molecule has 1 aromatic heterocycles. The molecule has 2 aromatic carbocycles. The van der Waals surface area contributed by atoms with Gasteiger partial charge in [0.2, 0.25) is 0 Å². The largest absolute Gasteiger partial charge is 0.496 e. The Kier molecular flexibility index (Phi) is 6.12. The summed E-state index contributed by atoms with van der Waals surface area (Å²) >= 11 is 7.64. The Hall–Kier alpha value is -1.98. The van der Waals surface area contributed by atoms with Crippen LogP contribution in [0.5, 0.6) is 5.75 Å². The summed E-state index contributed by atoms with van der Waals surface area (Å²) in [5.74, 6) is 1.85. The van der Waals surface area contributed by atoms with Crippen molar-refractivity contribution < 1.29 is 4.74 Å². The first-order valence-corrected chi connectivity index (χ1v) is 10.2. The maximum atomic E-state index is 13.1. The zero-order valence-electron chi connectivity index (χ0n) is 16.0. The monoisotopic (exact) mass is 402 g/mol. The van der Waals surface area contributed by atoms with E-state index in [1.54, 1.807) is 41.6 Å². The van der Waals surface area contributed by atoms with Gasteiger partial charge in [0.25, 0.3) is 5.56 Å². The van der Waals surface area contributed by atoms with Crippen LogP contribution in [0.1, 0.15) is 25.0 Å². The van der Waals surface area contributed by atoms with Gasteiger partial charge in [0.1, 0.15) is 5.75 Å². The van der Waals surface area contributed by atoms with Gasteiger partial charge >= 0.3 is 0 Å². The van der Waals surface area contributed by atoms with Crippen molar-refractivity contribution >= 4 is 34.3 Å². The zero-order chi connectivity index (χ0) is 19.6. The number of ether oxygens (including phenoxy) is 1. The summed E-state index contributed by atoms with van der Waals surface area (Å²) in [5, 5.41) is 1.81. The van der Waals surface area contributed by atoms with Gasteiger partial charge < -0.3 is 4.74 Å². The first-order valence-electron chi connectivity index (χ1n) is 8.85. The normalized spacial score (nSPS) is 11.3. The highest BCUT2D eigenvalue weighted by atomic mass is 35.5. The smallest absolute Gasteiger partial charge is 0.262 e. The van der Waals surface area contributed by atoms with Crippen LogP contribution in [0.15, 0.2) is 46.3 Å². The number of aromatic nitrogens is 2. The van der Waals surface area contributed by atoms with Gasteiger partial charge in [0.05, 0.1) is 18.0 Å². The molecule has 0 aliphatic rings. The van der Waals surface area contributed by atoms with E-state index >= 15 is 0 Å². The zero-order valence-corrected chi connectivity index (χ0v) is 17.5. The third-order valence-corrected chi connectivity index (χ3v) is 5.48. The average molecular weight is 403 g/mol. The van der Waals surface area contributed by atoms with Gasteiger partial charge in [0, 0.05) is 22.9 Å². The van der Waals surface area contributed by atoms with E-state index in [9.17, 15) is 4.79 Å². The highest BCUT2D eigenvalue weighted by molar-refractivity contribution is 7.98. The molecular formula is C21H23ClN2O2S. The third kappa shape index (κ3) is 4.47. The van der Waals surface area contributed by atoms with E-state index in [0.29, 0.717) is 39.3 Å². The molecule has 0 amide bonds. The minimum absolute atomic E-state index is 0.0464. The SMILES string of the molecule is COc1ccc(C)cc1CSc1nc2ccc(Cl)cc2c(=O)n1CC(C)C. The molecule has 0 aliphatic carbocycles. The van der Waals surface area contributed by atoms with Crippen LogP contribution in [-0.2, 0) is 12.3 Å². The van der Waals surface area contributed by atoms with Crippen molar-refractivity contribution in [2.45, 2.75) is 38.2 Å². The number of halogens is 1. The number of thioether (sulfide) groups is 1. The molecule has 142 valence electrons. The van der Waals surface area contributed by atoms with E-state index in [-0.39, 0.29) is 5.56 Å². The molecule has 0 saturated heterocycles. The molecule has 3 aromatic rings. The van der Waals surface area contributed by atoms with Crippen molar-refractivity contribution in [1.29, 1.82) is 0 Å². The van der Waals surface area contributed by atoms with Crippen LogP contribution >= 0.6 is 23.4 Å². The lowest BCUT2D eigenvalue weighted by molar-refractivity contribution is 0.411. The Morgan fingerprint density at radius 2 is 2.00 bits per heavy atom. The second kappa shape index (κ2) is 8.36. The van der Waals surface area contributed by atoms with Crippen molar-refractivity contribution in [3.63, 3.8) is 0 Å². The van der Waals surface area contributed by atoms with Crippen molar-refractivity contribution in [2.24, 2.45) is 5.92 Å². The topological polar surface area (TPSA) is 44.1 Å². The molecule has 1 heterocycles. The average Bonchev–Trinajstić information content (AvgIpc) is 2.63. The van der Waals surface area contributed by atoms with Crippen LogP contribution in [0, 0.1) is 12.8 Å². The van der Waals surface area contributed by atoms with E-state index in [0.717, 1.165) is 11.3 Å². The Balaban J connectivity index is 2.03. The van der Waals surface area contributed by atoms with Gasteiger partial charge in [-0.1, -0.05) is 54.9 Å². The van der Waals surface area contributed by atoms with Crippen LogP contribution < -0.4 is 10.3 Å². The molecule has 0 spiro atoms. The highest BCUT2D eigenvalue weighted by Gasteiger charge is 2.14. The summed E-state index contributed by atoms with van der Waals surface area (Å²) in [6.07, 6.45) is 0.